The zero-order chi connectivity index (χ0) is 12.3. The van der Waals surface area contributed by atoms with Gasteiger partial charge in [0.25, 0.3) is 0 Å². The third kappa shape index (κ3) is 3.62. The SMILES string of the molecule is CC(C)CN1CCN(Cc2nnsc2N)CC1. The molecule has 0 aliphatic carbocycles. The second-order valence-corrected chi connectivity index (χ2v) is 5.84. The van der Waals surface area contributed by atoms with Gasteiger partial charge in [-0.05, 0) is 5.92 Å². The van der Waals surface area contributed by atoms with Gasteiger partial charge in [0.2, 0.25) is 0 Å². The van der Waals surface area contributed by atoms with Crippen molar-refractivity contribution in [2.45, 2.75) is 20.4 Å². The predicted molar refractivity (Wildman–Crippen MR) is 70.9 cm³/mol. The average Bonchev–Trinajstić information content (AvgIpc) is 2.67. The Labute approximate surface area is 107 Å². The van der Waals surface area contributed by atoms with E-state index in [0.717, 1.165) is 49.3 Å². The first kappa shape index (κ1) is 12.7. The number of anilines is 1. The second-order valence-electron chi connectivity index (χ2n) is 5.05. The van der Waals surface area contributed by atoms with Crippen molar-refractivity contribution in [3.8, 4) is 0 Å². The van der Waals surface area contributed by atoms with Crippen LogP contribution in [0.25, 0.3) is 0 Å². The standard InChI is InChI=1S/C11H21N5S/c1-9(2)7-15-3-5-16(6-4-15)8-10-11(12)17-14-13-10/h9H,3-8,12H2,1-2H3. The van der Waals surface area contributed by atoms with Crippen LogP contribution in [0, 0.1) is 5.92 Å². The van der Waals surface area contributed by atoms with E-state index in [-0.39, 0.29) is 0 Å². The van der Waals surface area contributed by atoms with Crippen molar-refractivity contribution >= 4 is 16.5 Å². The minimum Gasteiger partial charge on any atom is -0.388 e. The van der Waals surface area contributed by atoms with Crippen molar-refractivity contribution in [2.24, 2.45) is 5.92 Å². The van der Waals surface area contributed by atoms with Crippen LogP contribution in [0.15, 0.2) is 0 Å². The Morgan fingerprint density at radius 1 is 1.24 bits per heavy atom. The van der Waals surface area contributed by atoms with Crippen LogP contribution in [0.3, 0.4) is 0 Å². The fourth-order valence-corrected chi connectivity index (χ4v) is 2.62. The van der Waals surface area contributed by atoms with E-state index in [1.807, 2.05) is 0 Å². The Bertz CT molecular complexity index is 343. The van der Waals surface area contributed by atoms with E-state index in [2.05, 4.69) is 33.2 Å². The van der Waals surface area contributed by atoms with Crippen LogP contribution in [0.1, 0.15) is 19.5 Å². The maximum Gasteiger partial charge on any atom is 0.132 e. The quantitative estimate of drug-likeness (QED) is 0.866. The van der Waals surface area contributed by atoms with E-state index >= 15 is 0 Å². The Kier molecular flexibility index (Phi) is 4.31. The van der Waals surface area contributed by atoms with Gasteiger partial charge < -0.3 is 10.6 Å². The number of rotatable bonds is 4. The molecule has 2 heterocycles. The average molecular weight is 255 g/mol. The number of piperazine rings is 1. The van der Waals surface area contributed by atoms with Gasteiger partial charge in [0.1, 0.15) is 10.7 Å². The van der Waals surface area contributed by atoms with Gasteiger partial charge in [-0.3, -0.25) is 4.90 Å². The number of nitrogen functional groups attached to an aromatic ring is 1. The molecule has 2 rings (SSSR count). The van der Waals surface area contributed by atoms with E-state index in [1.54, 1.807) is 0 Å². The summed E-state index contributed by atoms with van der Waals surface area (Å²) < 4.78 is 3.87. The molecule has 0 unspecified atom stereocenters. The topological polar surface area (TPSA) is 58.3 Å². The molecule has 5 nitrogen and oxygen atoms in total. The number of hydrogen-bond donors (Lipinski definition) is 1. The number of aromatic nitrogens is 2. The fourth-order valence-electron chi connectivity index (χ4n) is 2.18. The van der Waals surface area contributed by atoms with E-state index in [9.17, 15) is 0 Å². The predicted octanol–water partition coefficient (Wildman–Crippen LogP) is 0.894. The van der Waals surface area contributed by atoms with Crippen LogP contribution in [0.4, 0.5) is 5.00 Å². The molecule has 0 saturated carbocycles. The van der Waals surface area contributed by atoms with Crippen LogP contribution >= 0.6 is 11.5 Å². The van der Waals surface area contributed by atoms with E-state index in [0.29, 0.717) is 0 Å². The maximum atomic E-state index is 5.81. The molecular formula is C11H21N5S. The Morgan fingerprint density at radius 2 is 1.88 bits per heavy atom. The molecule has 0 aromatic carbocycles. The third-order valence-corrected chi connectivity index (χ3v) is 3.64. The van der Waals surface area contributed by atoms with Gasteiger partial charge in [-0.15, -0.1) is 5.10 Å². The lowest BCUT2D eigenvalue weighted by Gasteiger charge is -2.35. The fraction of sp³-hybridized carbons (Fsp3) is 0.818. The summed E-state index contributed by atoms with van der Waals surface area (Å²) in [6, 6.07) is 0. The summed E-state index contributed by atoms with van der Waals surface area (Å²) in [5, 5.41) is 4.82. The van der Waals surface area contributed by atoms with Gasteiger partial charge in [0, 0.05) is 50.8 Å². The molecule has 0 radical (unpaired) electrons. The molecule has 1 fully saturated rings. The number of hydrogen-bond acceptors (Lipinski definition) is 6. The van der Waals surface area contributed by atoms with Crippen LogP contribution in [-0.4, -0.2) is 52.1 Å². The summed E-state index contributed by atoms with van der Waals surface area (Å²) in [4.78, 5) is 4.94. The zero-order valence-electron chi connectivity index (χ0n) is 10.6. The summed E-state index contributed by atoms with van der Waals surface area (Å²) in [7, 11) is 0. The van der Waals surface area contributed by atoms with Crippen molar-refractivity contribution in [1.29, 1.82) is 0 Å². The molecule has 0 amide bonds. The lowest BCUT2D eigenvalue weighted by molar-refractivity contribution is 0.116. The summed E-state index contributed by atoms with van der Waals surface area (Å²) >= 11 is 1.28. The number of nitrogens with two attached hydrogens (primary N) is 1. The van der Waals surface area contributed by atoms with E-state index in [1.165, 1.54) is 18.1 Å². The highest BCUT2D eigenvalue weighted by atomic mass is 32.1. The van der Waals surface area contributed by atoms with Gasteiger partial charge >= 0.3 is 0 Å². The molecule has 17 heavy (non-hydrogen) atoms. The lowest BCUT2D eigenvalue weighted by atomic mass is 10.2. The second kappa shape index (κ2) is 5.75. The summed E-state index contributed by atoms with van der Waals surface area (Å²) in [6.07, 6.45) is 0. The molecule has 1 saturated heterocycles. The van der Waals surface area contributed by atoms with Gasteiger partial charge in [-0.1, -0.05) is 18.3 Å². The number of nitrogens with zero attached hydrogens (tertiary/aromatic N) is 4. The zero-order valence-corrected chi connectivity index (χ0v) is 11.4. The van der Waals surface area contributed by atoms with Crippen LogP contribution < -0.4 is 5.73 Å². The maximum absolute atomic E-state index is 5.81. The smallest absolute Gasteiger partial charge is 0.132 e. The first-order valence-electron chi connectivity index (χ1n) is 6.16. The minimum absolute atomic E-state index is 0.750. The molecule has 1 aromatic rings. The Balaban J connectivity index is 1.78. The van der Waals surface area contributed by atoms with Gasteiger partial charge in [-0.2, -0.15) is 0 Å². The van der Waals surface area contributed by atoms with Crippen LogP contribution in [0.2, 0.25) is 0 Å². The molecule has 1 aliphatic rings. The third-order valence-electron chi connectivity index (χ3n) is 3.05. The Morgan fingerprint density at radius 3 is 2.41 bits per heavy atom. The lowest BCUT2D eigenvalue weighted by Crippen LogP contribution is -2.46. The van der Waals surface area contributed by atoms with Crippen LogP contribution in [-0.2, 0) is 6.54 Å². The van der Waals surface area contributed by atoms with Crippen molar-refractivity contribution < 1.29 is 0 Å². The molecule has 2 N–H and O–H groups in total. The molecule has 0 spiro atoms. The first-order valence-corrected chi connectivity index (χ1v) is 6.94. The molecule has 1 aromatic heterocycles. The van der Waals surface area contributed by atoms with Crippen LogP contribution in [0.5, 0.6) is 0 Å². The summed E-state index contributed by atoms with van der Waals surface area (Å²) in [5.41, 5.74) is 6.74. The molecule has 0 atom stereocenters. The van der Waals surface area contributed by atoms with E-state index < -0.39 is 0 Å². The summed E-state index contributed by atoms with van der Waals surface area (Å²) in [5.74, 6) is 0.750. The monoisotopic (exact) mass is 255 g/mol. The van der Waals surface area contributed by atoms with Gasteiger partial charge in [0.05, 0.1) is 0 Å². The van der Waals surface area contributed by atoms with Gasteiger partial charge in [-0.25, -0.2) is 0 Å². The molecule has 1 aliphatic heterocycles. The first-order chi connectivity index (χ1) is 8.15. The normalized spacial score (nSPS) is 19.0. The van der Waals surface area contributed by atoms with Gasteiger partial charge in [0.15, 0.2) is 0 Å². The Hall–Kier alpha value is -0.720. The largest absolute Gasteiger partial charge is 0.388 e. The minimum atomic E-state index is 0.750. The molecular weight excluding hydrogens is 234 g/mol. The summed E-state index contributed by atoms with van der Waals surface area (Å²) in [6.45, 7) is 11.1. The molecule has 96 valence electrons. The highest BCUT2D eigenvalue weighted by Gasteiger charge is 2.19. The highest BCUT2D eigenvalue weighted by Crippen LogP contribution is 2.16. The molecule has 6 heteroatoms. The van der Waals surface area contributed by atoms with E-state index in [4.69, 9.17) is 5.73 Å². The molecule has 0 bridgehead atoms. The van der Waals surface area contributed by atoms with Crippen molar-refractivity contribution in [1.82, 2.24) is 19.4 Å². The van der Waals surface area contributed by atoms with Crippen molar-refractivity contribution in [3.05, 3.63) is 5.69 Å². The highest BCUT2D eigenvalue weighted by molar-refractivity contribution is 7.09. The van der Waals surface area contributed by atoms with Crippen molar-refractivity contribution in [3.63, 3.8) is 0 Å². The van der Waals surface area contributed by atoms with Crippen molar-refractivity contribution in [2.75, 3.05) is 38.5 Å².